The Morgan fingerprint density at radius 2 is 1.96 bits per heavy atom. The number of rotatable bonds is 5. The van der Waals surface area contributed by atoms with Gasteiger partial charge in [0, 0.05) is 18.5 Å². The topological polar surface area (TPSA) is 58.8 Å². The first-order valence-electron chi connectivity index (χ1n) is 8.89. The fourth-order valence-electron chi connectivity index (χ4n) is 2.64. The van der Waals surface area contributed by atoms with E-state index in [-0.39, 0.29) is 11.6 Å². The van der Waals surface area contributed by atoms with Gasteiger partial charge in [0.15, 0.2) is 0 Å². The molecule has 0 unspecified atom stereocenters. The first-order valence-corrected chi connectivity index (χ1v) is 8.89. The Balaban J connectivity index is 2.14. The molecule has 1 aromatic carbocycles. The summed E-state index contributed by atoms with van der Waals surface area (Å²) >= 11 is 0. The number of nitrogens with one attached hydrogen (secondary N) is 1. The molecule has 5 nitrogen and oxygen atoms in total. The summed E-state index contributed by atoms with van der Waals surface area (Å²) in [5, 5.41) is 3.35. The summed E-state index contributed by atoms with van der Waals surface area (Å²) in [6.45, 7) is 8.15. The molecule has 0 aliphatic carbocycles. The van der Waals surface area contributed by atoms with Crippen molar-refractivity contribution in [3.63, 3.8) is 0 Å². The number of fused-ring (bicyclic) bond motifs is 1. The van der Waals surface area contributed by atoms with Gasteiger partial charge in [-0.3, -0.25) is 14.2 Å². The maximum atomic E-state index is 13.0. The molecule has 0 amide bonds. The van der Waals surface area contributed by atoms with Gasteiger partial charge in [0.2, 0.25) is 0 Å². The number of aryl methyl sites for hydroxylation is 2. The van der Waals surface area contributed by atoms with Crippen LogP contribution in [0.2, 0.25) is 0 Å². The summed E-state index contributed by atoms with van der Waals surface area (Å²) in [6.07, 6.45) is 4.29. The van der Waals surface area contributed by atoms with E-state index < -0.39 is 0 Å². The number of aliphatic imine (C=N–C) groups is 1. The van der Waals surface area contributed by atoms with E-state index in [0.717, 1.165) is 17.7 Å². The molecule has 1 N–H and O–H groups in total. The summed E-state index contributed by atoms with van der Waals surface area (Å²) in [5.74, 6) is 0.578. The first kappa shape index (κ1) is 17.9. The smallest absolute Gasteiger partial charge is 0.268 e. The Kier molecular flexibility index (Phi) is 5.16. The van der Waals surface area contributed by atoms with Crippen molar-refractivity contribution >= 4 is 23.4 Å². The van der Waals surface area contributed by atoms with E-state index >= 15 is 0 Å². The van der Waals surface area contributed by atoms with Gasteiger partial charge in [-0.1, -0.05) is 30.7 Å². The van der Waals surface area contributed by atoms with E-state index in [2.05, 4.69) is 24.2 Å². The monoisotopic (exact) mass is 348 g/mol. The quantitative estimate of drug-likeness (QED) is 0.701. The third-order valence-corrected chi connectivity index (χ3v) is 4.46. The molecule has 2 heterocycles. The Labute approximate surface area is 153 Å². The average molecular weight is 348 g/mol. The normalized spacial score (nSPS) is 12.6. The molecule has 0 aliphatic rings. The van der Waals surface area contributed by atoms with Crippen LogP contribution in [0.4, 0.5) is 11.5 Å². The summed E-state index contributed by atoms with van der Waals surface area (Å²) in [5.41, 5.74) is 3.94. The SMILES string of the molecule is CC[C@@H](C)Nc1nc2c(C)cccn2c(=O)c1C=Nc1ccc(C)cc1. The van der Waals surface area contributed by atoms with Gasteiger partial charge in [-0.25, -0.2) is 4.98 Å². The minimum Gasteiger partial charge on any atom is -0.367 e. The van der Waals surface area contributed by atoms with E-state index in [1.165, 1.54) is 5.56 Å². The lowest BCUT2D eigenvalue weighted by Gasteiger charge is -2.15. The van der Waals surface area contributed by atoms with Crippen molar-refractivity contribution in [1.29, 1.82) is 0 Å². The molecule has 0 bridgehead atoms. The fourth-order valence-corrected chi connectivity index (χ4v) is 2.64. The Morgan fingerprint density at radius 3 is 2.65 bits per heavy atom. The molecule has 0 fully saturated rings. The van der Waals surface area contributed by atoms with Crippen LogP contribution in [0.25, 0.3) is 5.65 Å². The maximum Gasteiger partial charge on any atom is 0.268 e. The number of pyridine rings is 1. The highest BCUT2D eigenvalue weighted by molar-refractivity contribution is 5.88. The van der Waals surface area contributed by atoms with Crippen LogP contribution in [0.3, 0.4) is 0 Å². The molecule has 134 valence electrons. The highest BCUT2D eigenvalue weighted by Crippen LogP contribution is 2.16. The van der Waals surface area contributed by atoms with Crippen LogP contribution in [-0.2, 0) is 0 Å². The number of aromatic nitrogens is 2. The third-order valence-electron chi connectivity index (χ3n) is 4.46. The summed E-state index contributed by atoms with van der Waals surface area (Å²) in [6, 6.07) is 11.9. The fraction of sp³-hybridized carbons (Fsp3) is 0.286. The molecule has 0 radical (unpaired) electrons. The van der Waals surface area contributed by atoms with Crippen molar-refractivity contribution in [3.05, 3.63) is 69.6 Å². The lowest BCUT2D eigenvalue weighted by atomic mass is 10.2. The molecule has 0 spiro atoms. The molecule has 5 heteroatoms. The molecular weight excluding hydrogens is 324 g/mol. The number of nitrogens with zero attached hydrogens (tertiary/aromatic N) is 3. The standard InChI is InChI=1S/C21H24N4O/c1-5-16(4)23-19-18(13-22-17-10-8-14(2)9-11-17)21(26)25-12-6-7-15(3)20(25)24-19/h6-13,16,23H,5H2,1-4H3/t16-/m1/s1. The molecule has 0 aliphatic heterocycles. The molecule has 2 aromatic heterocycles. The molecule has 3 aromatic rings. The van der Waals surface area contributed by atoms with Gasteiger partial charge in [-0.05, 0) is 51.0 Å². The van der Waals surface area contributed by atoms with Crippen LogP contribution in [-0.4, -0.2) is 21.6 Å². The minimum absolute atomic E-state index is 0.125. The second-order valence-corrected chi connectivity index (χ2v) is 6.61. The highest BCUT2D eigenvalue weighted by Gasteiger charge is 2.14. The maximum absolute atomic E-state index is 13.0. The van der Waals surface area contributed by atoms with Crippen LogP contribution in [0.1, 0.15) is 37.0 Å². The zero-order chi connectivity index (χ0) is 18.7. The number of hydrogen-bond acceptors (Lipinski definition) is 4. The molecule has 26 heavy (non-hydrogen) atoms. The minimum atomic E-state index is -0.125. The summed E-state index contributed by atoms with van der Waals surface area (Å²) in [7, 11) is 0. The first-order chi connectivity index (χ1) is 12.5. The highest BCUT2D eigenvalue weighted by atomic mass is 16.1. The molecular formula is C21H24N4O. The molecule has 1 atom stereocenters. The predicted octanol–water partition coefficient (Wildman–Crippen LogP) is 4.27. The molecule has 0 saturated heterocycles. The van der Waals surface area contributed by atoms with Gasteiger partial charge >= 0.3 is 0 Å². The van der Waals surface area contributed by atoms with Crippen LogP contribution in [0.5, 0.6) is 0 Å². The number of anilines is 1. The lowest BCUT2D eigenvalue weighted by Crippen LogP contribution is -2.25. The van der Waals surface area contributed by atoms with Gasteiger partial charge in [0.1, 0.15) is 17.0 Å². The number of hydrogen-bond donors (Lipinski definition) is 1. The zero-order valence-electron chi connectivity index (χ0n) is 15.7. The van der Waals surface area contributed by atoms with Crippen molar-refractivity contribution in [2.45, 2.75) is 40.2 Å². The molecule has 0 saturated carbocycles. The van der Waals surface area contributed by atoms with Crippen LogP contribution < -0.4 is 10.9 Å². The van der Waals surface area contributed by atoms with Gasteiger partial charge in [-0.2, -0.15) is 0 Å². The lowest BCUT2D eigenvalue weighted by molar-refractivity contribution is 0.758. The Hall–Kier alpha value is -2.95. The van der Waals surface area contributed by atoms with E-state index in [1.807, 2.05) is 50.2 Å². The van der Waals surface area contributed by atoms with Gasteiger partial charge in [0.25, 0.3) is 5.56 Å². The van der Waals surface area contributed by atoms with Crippen molar-refractivity contribution < 1.29 is 0 Å². The van der Waals surface area contributed by atoms with Gasteiger partial charge in [-0.15, -0.1) is 0 Å². The van der Waals surface area contributed by atoms with E-state index in [9.17, 15) is 4.79 Å². The Morgan fingerprint density at radius 1 is 1.23 bits per heavy atom. The van der Waals surface area contributed by atoms with Crippen molar-refractivity contribution in [3.8, 4) is 0 Å². The van der Waals surface area contributed by atoms with Crippen molar-refractivity contribution in [1.82, 2.24) is 9.38 Å². The Bertz CT molecular complexity index is 1000. The van der Waals surface area contributed by atoms with Crippen molar-refractivity contribution in [2.75, 3.05) is 5.32 Å². The van der Waals surface area contributed by atoms with Gasteiger partial charge < -0.3 is 5.32 Å². The van der Waals surface area contributed by atoms with E-state index in [4.69, 9.17) is 4.98 Å². The zero-order valence-corrected chi connectivity index (χ0v) is 15.7. The predicted molar refractivity (Wildman–Crippen MR) is 108 cm³/mol. The third kappa shape index (κ3) is 3.67. The van der Waals surface area contributed by atoms with Gasteiger partial charge in [0.05, 0.1) is 5.69 Å². The van der Waals surface area contributed by atoms with E-state index in [1.54, 1.807) is 16.8 Å². The van der Waals surface area contributed by atoms with E-state index in [0.29, 0.717) is 17.0 Å². The molecule has 3 rings (SSSR count). The second-order valence-electron chi connectivity index (χ2n) is 6.61. The average Bonchev–Trinajstić information content (AvgIpc) is 2.63. The summed E-state index contributed by atoms with van der Waals surface area (Å²) in [4.78, 5) is 22.2. The van der Waals surface area contributed by atoms with Crippen molar-refractivity contribution in [2.24, 2.45) is 4.99 Å². The second kappa shape index (κ2) is 7.52. The largest absolute Gasteiger partial charge is 0.367 e. The van der Waals surface area contributed by atoms with Crippen LogP contribution >= 0.6 is 0 Å². The summed E-state index contributed by atoms with van der Waals surface area (Å²) < 4.78 is 1.58. The number of benzene rings is 1. The van der Waals surface area contributed by atoms with Crippen LogP contribution in [0, 0.1) is 13.8 Å². The van der Waals surface area contributed by atoms with Crippen LogP contribution in [0.15, 0.2) is 52.4 Å².